The van der Waals surface area contributed by atoms with Gasteiger partial charge in [-0.2, -0.15) is 5.10 Å². The lowest BCUT2D eigenvalue weighted by Crippen LogP contribution is -2.34. The van der Waals surface area contributed by atoms with Crippen LogP contribution in [-0.2, 0) is 13.5 Å². The molecular weight excluding hydrogens is 248 g/mol. The lowest BCUT2D eigenvalue weighted by atomic mass is 9.92. The van der Waals surface area contributed by atoms with Gasteiger partial charge in [0.2, 0.25) is 0 Å². The minimum absolute atomic E-state index is 0.522. The first kappa shape index (κ1) is 14.1. The van der Waals surface area contributed by atoms with Crippen molar-refractivity contribution >= 4 is 0 Å². The van der Waals surface area contributed by atoms with Crippen LogP contribution in [0.4, 0.5) is 0 Å². The van der Waals surface area contributed by atoms with Crippen LogP contribution in [0, 0.1) is 5.92 Å². The van der Waals surface area contributed by atoms with Crippen molar-refractivity contribution in [2.45, 2.75) is 45.1 Å². The number of hydrogen-bond acceptors (Lipinski definition) is 3. The Morgan fingerprint density at radius 1 is 1.35 bits per heavy atom. The maximum Gasteiger partial charge on any atom is 0.0540 e. The van der Waals surface area contributed by atoms with Gasteiger partial charge in [-0.1, -0.05) is 6.92 Å². The topological polar surface area (TPSA) is 33.1 Å². The maximum absolute atomic E-state index is 4.43. The molecule has 0 bridgehead atoms. The second-order valence-electron chi connectivity index (χ2n) is 6.64. The van der Waals surface area contributed by atoms with Gasteiger partial charge in [0.1, 0.15) is 0 Å². The molecule has 1 N–H and O–H groups in total. The van der Waals surface area contributed by atoms with E-state index in [-0.39, 0.29) is 0 Å². The average Bonchev–Trinajstić information content (AvgIpc) is 3.07. The minimum Gasteiger partial charge on any atom is -0.309 e. The quantitative estimate of drug-likeness (QED) is 0.894. The number of likely N-dealkylation sites (tertiary alicyclic amines) is 1. The molecule has 0 amide bonds. The highest BCUT2D eigenvalue weighted by molar-refractivity contribution is 5.24. The Bertz CT molecular complexity index is 434. The van der Waals surface area contributed by atoms with Crippen LogP contribution in [0.3, 0.4) is 0 Å². The van der Waals surface area contributed by atoms with Gasteiger partial charge < -0.3 is 10.2 Å². The molecule has 0 aromatic carbocycles. The highest BCUT2D eigenvalue weighted by atomic mass is 15.3. The molecule has 2 heterocycles. The first-order valence-electron chi connectivity index (χ1n) is 8.20. The Balaban J connectivity index is 1.51. The monoisotopic (exact) mass is 276 g/mol. The van der Waals surface area contributed by atoms with E-state index >= 15 is 0 Å². The second kappa shape index (κ2) is 6.27. The van der Waals surface area contributed by atoms with Crippen LogP contribution >= 0.6 is 0 Å². The van der Waals surface area contributed by atoms with Crippen molar-refractivity contribution in [2.75, 3.05) is 26.2 Å². The van der Waals surface area contributed by atoms with Crippen molar-refractivity contribution in [3.63, 3.8) is 0 Å². The van der Waals surface area contributed by atoms with E-state index in [4.69, 9.17) is 0 Å². The van der Waals surface area contributed by atoms with Crippen LogP contribution in [0.1, 0.15) is 49.9 Å². The summed E-state index contributed by atoms with van der Waals surface area (Å²) in [7, 11) is 2.07. The number of rotatable bonds is 5. The third-order valence-corrected chi connectivity index (χ3v) is 4.86. The van der Waals surface area contributed by atoms with Gasteiger partial charge in [-0.05, 0) is 57.7 Å². The fraction of sp³-hybridized carbons (Fsp3) is 0.812. The SMILES string of the molecule is CC(CNC1CCCc2c1cnn2C)CN1CCCC1. The zero-order valence-electron chi connectivity index (χ0n) is 12.9. The third-order valence-electron chi connectivity index (χ3n) is 4.86. The molecule has 1 fully saturated rings. The molecule has 1 aromatic rings. The lowest BCUT2D eigenvalue weighted by Gasteiger charge is -2.27. The Morgan fingerprint density at radius 2 is 2.15 bits per heavy atom. The molecule has 0 saturated carbocycles. The number of hydrogen-bond donors (Lipinski definition) is 1. The molecule has 2 unspecified atom stereocenters. The summed E-state index contributed by atoms with van der Waals surface area (Å²) in [4.78, 5) is 2.61. The Labute approximate surface area is 122 Å². The van der Waals surface area contributed by atoms with E-state index in [0.29, 0.717) is 6.04 Å². The summed E-state index contributed by atoms with van der Waals surface area (Å²) in [5.74, 6) is 0.732. The van der Waals surface area contributed by atoms with Crippen molar-refractivity contribution in [1.29, 1.82) is 0 Å². The molecule has 3 rings (SSSR count). The molecule has 1 saturated heterocycles. The summed E-state index contributed by atoms with van der Waals surface area (Å²) >= 11 is 0. The summed E-state index contributed by atoms with van der Waals surface area (Å²) in [5, 5.41) is 8.21. The van der Waals surface area contributed by atoms with Crippen molar-refractivity contribution in [3.8, 4) is 0 Å². The van der Waals surface area contributed by atoms with Crippen molar-refractivity contribution in [1.82, 2.24) is 20.0 Å². The average molecular weight is 276 g/mol. The number of aryl methyl sites for hydroxylation is 1. The fourth-order valence-electron chi connectivity index (χ4n) is 3.73. The first-order chi connectivity index (χ1) is 9.74. The van der Waals surface area contributed by atoms with E-state index in [1.165, 1.54) is 63.0 Å². The Kier molecular flexibility index (Phi) is 4.41. The van der Waals surface area contributed by atoms with Crippen LogP contribution in [0.2, 0.25) is 0 Å². The van der Waals surface area contributed by atoms with E-state index in [2.05, 4.69) is 40.2 Å². The molecule has 0 spiro atoms. The third kappa shape index (κ3) is 3.07. The molecule has 4 heteroatoms. The van der Waals surface area contributed by atoms with Crippen LogP contribution < -0.4 is 5.32 Å². The Morgan fingerprint density at radius 3 is 2.95 bits per heavy atom. The molecule has 2 aliphatic rings. The van der Waals surface area contributed by atoms with Crippen molar-refractivity contribution in [2.24, 2.45) is 13.0 Å². The summed E-state index contributed by atoms with van der Waals surface area (Å²) in [6.45, 7) is 7.36. The largest absolute Gasteiger partial charge is 0.309 e. The van der Waals surface area contributed by atoms with Gasteiger partial charge in [-0.15, -0.1) is 0 Å². The van der Waals surface area contributed by atoms with Crippen molar-refractivity contribution < 1.29 is 0 Å². The fourth-order valence-corrected chi connectivity index (χ4v) is 3.73. The molecule has 20 heavy (non-hydrogen) atoms. The summed E-state index contributed by atoms with van der Waals surface area (Å²) in [5.41, 5.74) is 2.87. The number of fused-ring (bicyclic) bond motifs is 1. The molecule has 112 valence electrons. The van der Waals surface area contributed by atoms with Gasteiger partial charge in [0, 0.05) is 30.9 Å². The predicted octanol–water partition coefficient (Wildman–Crippen LogP) is 2.12. The molecule has 1 aromatic heterocycles. The summed E-state index contributed by atoms with van der Waals surface area (Å²) in [6.07, 6.45) is 8.58. The Hall–Kier alpha value is -0.870. The van der Waals surface area contributed by atoms with Gasteiger partial charge in [-0.25, -0.2) is 0 Å². The van der Waals surface area contributed by atoms with Gasteiger partial charge in [-0.3, -0.25) is 4.68 Å². The smallest absolute Gasteiger partial charge is 0.0540 e. The molecular formula is C16H28N4. The van der Waals surface area contributed by atoms with Crippen LogP contribution in [0.5, 0.6) is 0 Å². The first-order valence-corrected chi connectivity index (χ1v) is 8.20. The zero-order chi connectivity index (χ0) is 13.9. The highest BCUT2D eigenvalue weighted by Gasteiger charge is 2.23. The van der Waals surface area contributed by atoms with Crippen LogP contribution in [0.15, 0.2) is 6.20 Å². The van der Waals surface area contributed by atoms with Gasteiger partial charge >= 0.3 is 0 Å². The molecule has 4 nitrogen and oxygen atoms in total. The molecule has 2 atom stereocenters. The number of nitrogens with zero attached hydrogens (tertiary/aromatic N) is 3. The zero-order valence-corrected chi connectivity index (χ0v) is 12.9. The van der Waals surface area contributed by atoms with Crippen LogP contribution in [-0.4, -0.2) is 40.9 Å². The van der Waals surface area contributed by atoms with E-state index in [9.17, 15) is 0 Å². The highest BCUT2D eigenvalue weighted by Crippen LogP contribution is 2.29. The van der Waals surface area contributed by atoms with E-state index in [0.717, 1.165) is 12.5 Å². The number of nitrogens with one attached hydrogen (secondary N) is 1. The van der Waals surface area contributed by atoms with E-state index in [1.807, 2.05) is 0 Å². The molecule has 1 aliphatic carbocycles. The van der Waals surface area contributed by atoms with E-state index in [1.54, 1.807) is 0 Å². The standard InChI is InChI=1S/C16H28N4/c1-13(12-20-8-3-4-9-20)10-17-15-6-5-7-16-14(15)11-18-19(16)2/h11,13,15,17H,3-10,12H2,1-2H3. The maximum atomic E-state index is 4.43. The van der Waals surface area contributed by atoms with E-state index < -0.39 is 0 Å². The molecule has 1 aliphatic heterocycles. The van der Waals surface area contributed by atoms with Crippen LogP contribution in [0.25, 0.3) is 0 Å². The summed E-state index contributed by atoms with van der Waals surface area (Å²) in [6, 6.07) is 0.522. The van der Waals surface area contributed by atoms with Crippen molar-refractivity contribution in [3.05, 3.63) is 17.5 Å². The molecule has 0 radical (unpaired) electrons. The summed E-state index contributed by atoms with van der Waals surface area (Å²) < 4.78 is 2.05. The minimum atomic E-state index is 0.522. The second-order valence-corrected chi connectivity index (χ2v) is 6.64. The predicted molar refractivity (Wildman–Crippen MR) is 81.7 cm³/mol. The number of aromatic nitrogens is 2. The lowest BCUT2D eigenvalue weighted by molar-refractivity contribution is 0.275. The van der Waals surface area contributed by atoms with Gasteiger partial charge in [0.15, 0.2) is 0 Å². The van der Waals surface area contributed by atoms with Gasteiger partial charge in [0.05, 0.1) is 6.20 Å². The van der Waals surface area contributed by atoms with Gasteiger partial charge in [0.25, 0.3) is 0 Å². The normalized spacial score (nSPS) is 24.8.